The van der Waals surface area contributed by atoms with E-state index < -0.39 is 0 Å². The molecule has 0 saturated carbocycles. The second-order valence-corrected chi connectivity index (χ2v) is 4.67. The zero-order chi connectivity index (χ0) is 10.6. The van der Waals surface area contributed by atoms with Crippen LogP contribution in [-0.2, 0) is 0 Å². The van der Waals surface area contributed by atoms with E-state index in [9.17, 15) is 0 Å². The van der Waals surface area contributed by atoms with Crippen LogP contribution in [0.1, 0.15) is 52.9 Å². The first-order valence-electron chi connectivity index (χ1n) is 6.02. The number of hydrogen-bond acceptors (Lipinski definition) is 1. The van der Waals surface area contributed by atoms with E-state index in [1.807, 2.05) is 0 Å². The SMILES string of the molecule is CCCC1CCCCN1C(=N)C(C)C. The predicted molar refractivity (Wildman–Crippen MR) is 61.8 cm³/mol. The molecule has 0 spiro atoms. The lowest BCUT2D eigenvalue weighted by molar-refractivity contribution is 0.219. The molecule has 1 aliphatic heterocycles. The van der Waals surface area contributed by atoms with E-state index in [-0.39, 0.29) is 0 Å². The third kappa shape index (κ3) is 2.73. The van der Waals surface area contributed by atoms with Gasteiger partial charge in [-0.2, -0.15) is 0 Å². The maximum absolute atomic E-state index is 8.07. The largest absolute Gasteiger partial charge is 0.357 e. The monoisotopic (exact) mass is 196 g/mol. The van der Waals surface area contributed by atoms with Crippen LogP contribution in [0.3, 0.4) is 0 Å². The first kappa shape index (κ1) is 11.5. The highest BCUT2D eigenvalue weighted by molar-refractivity contribution is 5.81. The van der Waals surface area contributed by atoms with Crippen LogP contribution in [0.2, 0.25) is 0 Å². The molecule has 1 rings (SSSR count). The third-order valence-corrected chi connectivity index (χ3v) is 3.11. The van der Waals surface area contributed by atoms with Crippen LogP contribution in [0.4, 0.5) is 0 Å². The maximum Gasteiger partial charge on any atom is 0.0986 e. The Labute approximate surface area is 88.2 Å². The van der Waals surface area contributed by atoms with Crippen molar-refractivity contribution < 1.29 is 0 Å². The molecule has 14 heavy (non-hydrogen) atoms. The Morgan fingerprint density at radius 1 is 1.43 bits per heavy atom. The van der Waals surface area contributed by atoms with Gasteiger partial charge in [0.15, 0.2) is 0 Å². The Balaban J connectivity index is 2.57. The van der Waals surface area contributed by atoms with Gasteiger partial charge in [-0.15, -0.1) is 0 Å². The molecule has 1 heterocycles. The fraction of sp³-hybridized carbons (Fsp3) is 0.917. The summed E-state index contributed by atoms with van der Waals surface area (Å²) in [5, 5.41) is 8.07. The molecule has 1 atom stereocenters. The quantitative estimate of drug-likeness (QED) is 0.544. The lowest BCUT2D eigenvalue weighted by Gasteiger charge is -2.38. The van der Waals surface area contributed by atoms with Gasteiger partial charge >= 0.3 is 0 Å². The number of piperidine rings is 1. The normalized spacial score (nSPS) is 22.9. The van der Waals surface area contributed by atoms with E-state index in [0.29, 0.717) is 12.0 Å². The summed E-state index contributed by atoms with van der Waals surface area (Å²) in [5.74, 6) is 1.23. The van der Waals surface area contributed by atoms with Gasteiger partial charge in [0, 0.05) is 18.5 Å². The van der Waals surface area contributed by atoms with Crippen LogP contribution < -0.4 is 0 Å². The van der Waals surface area contributed by atoms with Crippen molar-refractivity contribution in [2.45, 2.75) is 58.9 Å². The minimum Gasteiger partial charge on any atom is -0.357 e. The molecule has 0 radical (unpaired) electrons. The van der Waals surface area contributed by atoms with E-state index in [4.69, 9.17) is 5.41 Å². The molecule has 1 aliphatic rings. The van der Waals surface area contributed by atoms with Gasteiger partial charge in [-0.25, -0.2) is 0 Å². The average Bonchev–Trinajstić information content (AvgIpc) is 2.18. The van der Waals surface area contributed by atoms with Crippen molar-refractivity contribution in [2.75, 3.05) is 6.54 Å². The molecular formula is C12H24N2. The summed E-state index contributed by atoms with van der Waals surface area (Å²) >= 11 is 0. The Bertz CT molecular complexity index is 185. The molecule has 0 aliphatic carbocycles. The Morgan fingerprint density at radius 2 is 2.14 bits per heavy atom. The molecule has 1 unspecified atom stereocenters. The van der Waals surface area contributed by atoms with Crippen molar-refractivity contribution in [2.24, 2.45) is 5.92 Å². The molecule has 0 aromatic rings. The van der Waals surface area contributed by atoms with Crippen molar-refractivity contribution in [3.05, 3.63) is 0 Å². The summed E-state index contributed by atoms with van der Waals surface area (Å²) in [6.07, 6.45) is 6.42. The Morgan fingerprint density at radius 3 is 2.71 bits per heavy atom. The highest BCUT2D eigenvalue weighted by atomic mass is 15.2. The van der Waals surface area contributed by atoms with Crippen LogP contribution >= 0.6 is 0 Å². The number of hydrogen-bond donors (Lipinski definition) is 1. The van der Waals surface area contributed by atoms with Crippen molar-refractivity contribution in [3.63, 3.8) is 0 Å². The van der Waals surface area contributed by atoms with Crippen molar-refractivity contribution in [3.8, 4) is 0 Å². The fourth-order valence-corrected chi connectivity index (χ4v) is 2.28. The first-order valence-corrected chi connectivity index (χ1v) is 6.02. The third-order valence-electron chi connectivity index (χ3n) is 3.11. The van der Waals surface area contributed by atoms with Gasteiger partial charge in [0.25, 0.3) is 0 Å². The lowest BCUT2D eigenvalue weighted by atomic mass is 9.96. The van der Waals surface area contributed by atoms with Gasteiger partial charge in [-0.05, 0) is 25.7 Å². The highest BCUT2D eigenvalue weighted by Crippen LogP contribution is 2.22. The van der Waals surface area contributed by atoms with Gasteiger partial charge in [0.1, 0.15) is 0 Å². The zero-order valence-corrected chi connectivity index (χ0v) is 9.84. The van der Waals surface area contributed by atoms with Crippen LogP contribution in [0.25, 0.3) is 0 Å². The van der Waals surface area contributed by atoms with Gasteiger partial charge < -0.3 is 4.90 Å². The summed E-state index contributed by atoms with van der Waals surface area (Å²) in [7, 11) is 0. The second-order valence-electron chi connectivity index (χ2n) is 4.67. The summed E-state index contributed by atoms with van der Waals surface area (Å²) < 4.78 is 0. The molecule has 0 aromatic carbocycles. The summed E-state index contributed by atoms with van der Waals surface area (Å²) in [4.78, 5) is 2.34. The molecule has 2 nitrogen and oxygen atoms in total. The van der Waals surface area contributed by atoms with Crippen molar-refractivity contribution in [1.29, 1.82) is 5.41 Å². The minimum absolute atomic E-state index is 0.382. The van der Waals surface area contributed by atoms with Gasteiger partial charge in [0.2, 0.25) is 0 Å². The smallest absolute Gasteiger partial charge is 0.0986 e. The minimum atomic E-state index is 0.382. The van der Waals surface area contributed by atoms with E-state index >= 15 is 0 Å². The number of likely N-dealkylation sites (tertiary alicyclic amines) is 1. The molecule has 1 fully saturated rings. The van der Waals surface area contributed by atoms with E-state index in [0.717, 1.165) is 12.4 Å². The van der Waals surface area contributed by atoms with Crippen LogP contribution in [0.15, 0.2) is 0 Å². The fourth-order valence-electron chi connectivity index (χ4n) is 2.28. The van der Waals surface area contributed by atoms with E-state index in [1.54, 1.807) is 0 Å². The maximum atomic E-state index is 8.07. The molecule has 1 N–H and O–H groups in total. The average molecular weight is 196 g/mol. The van der Waals surface area contributed by atoms with Gasteiger partial charge in [-0.3, -0.25) is 5.41 Å². The van der Waals surface area contributed by atoms with Crippen LogP contribution in [-0.4, -0.2) is 23.3 Å². The van der Waals surface area contributed by atoms with E-state index in [1.165, 1.54) is 32.1 Å². The van der Waals surface area contributed by atoms with E-state index in [2.05, 4.69) is 25.7 Å². The first-order chi connectivity index (χ1) is 6.66. The van der Waals surface area contributed by atoms with Crippen LogP contribution in [0.5, 0.6) is 0 Å². The molecule has 2 heteroatoms. The van der Waals surface area contributed by atoms with Crippen LogP contribution in [0, 0.1) is 11.3 Å². The van der Waals surface area contributed by atoms with Gasteiger partial charge in [0.05, 0.1) is 5.84 Å². The van der Waals surface area contributed by atoms with Gasteiger partial charge in [-0.1, -0.05) is 27.2 Å². The Kier molecular flexibility index (Phi) is 4.43. The molecular weight excluding hydrogens is 172 g/mol. The van der Waals surface area contributed by atoms with Crippen molar-refractivity contribution >= 4 is 5.84 Å². The predicted octanol–water partition coefficient (Wildman–Crippen LogP) is 3.27. The summed E-state index contributed by atoms with van der Waals surface area (Å²) in [6.45, 7) is 7.60. The lowest BCUT2D eigenvalue weighted by Crippen LogP contribution is -2.45. The Hall–Kier alpha value is -0.530. The standard InChI is InChI=1S/C12H24N2/c1-4-7-11-8-5-6-9-14(11)12(13)10(2)3/h10-11,13H,4-9H2,1-3H3. The molecule has 1 saturated heterocycles. The highest BCUT2D eigenvalue weighted by Gasteiger charge is 2.24. The topological polar surface area (TPSA) is 27.1 Å². The molecule has 0 amide bonds. The molecule has 0 bridgehead atoms. The molecule has 0 aromatic heterocycles. The number of rotatable bonds is 3. The zero-order valence-electron chi connectivity index (χ0n) is 9.84. The second kappa shape index (κ2) is 5.38. The van der Waals surface area contributed by atoms with Crippen molar-refractivity contribution in [1.82, 2.24) is 4.90 Å². The number of amidine groups is 1. The number of nitrogens with zero attached hydrogens (tertiary/aromatic N) is 1. The molecule has 82 valence electrons. The summed E-state index contributed by atoms with van der Waals surface area (Å²) in [5.41, 5.74) is 0. The summed E-state index contributed by atoms with van der Waals surface area (Å²) in [6, 6.07) is 0.656. The number of nitrogens with one attached hydrogen (secondary N) is 1.